The SMILES string of the molecule is COC=O.COc1cc(Cl)c(Cl)cc1C1CCN(Cc2ccccc2)C1. The number of carbonyl (C=O) groups is 1. The summed E-state index contributed by atoms with van der Waals surface area (Å²) in [4.78, 5) is 11.4. The third kappa shape index (κ3) is 5.63. The largest absolute Gasteiger partial charge is 0.496 e. The molecule has 3 rings (SSSR count). The zero-order valence-corrected chi connectivity index (χ0v) is 16.5. The van der Waals surface area contributed by atoms with Crippen molar-refractivity contribution in [1.29, 1.82) is 0 Å². The van der Waals surface area contributed by atoms with Crippen LogP contribution in [0, 0.1) is 0 Å². The maximum atomic E-state index is 8.95. The summed E-state index contributed by atoms with van der Waals surface area (Å²) in [5, 5.41) is 1.14. The predicted molar refractivity (Wildman–Crippen MR) is 105 cm³/mol. The fraction of sp³-hybridized carbons (Fsp3) is 0.350. The highest BCUT2D eigenvalue weighted by Crippen LogP contribution is 2.38. The lowest BCUT2D eigenvalue weighted by Crippen LogP contribution is -2.19. The molecule has 0 radical (unpaired) electrons. The van der Waals surface area contributed by atoms with Crippen molar-refractivity contribution in [3.8, 4) is 5.75 Å². The minimum atomic E-state index is 0.375. The van der Waals surface area contributed by atoms with Gasteiger partial charge in [-0.05, 0) is 24.6 Å². The van der Waals surface area contributed by atoms with Gasteiger partial charge >= 0.3 is 0 Å². The molecule has 2 aromatic rings. The van der Waals surface area contributed by atoms with E-state index in [0.717, 1.165) is 37.4 Å². The molecule has 1 aliphatic rings. The Labute approximate surface area is 164 Å². The zero-order chi connectivity index (χ0) is 18.9. The number of benzene rings is 2. The van der Waals surface area contributed by atoms with Crippen molar-refractivity contribution in [3.63, 3.8) is 0 Å². The Morgan fingerprint density at radius 1 is 1.15 bits per heavy atom. The number of hydrogen-bond acceptors (Lipinski definition) is 4. The normalized spacial score (nSPS) is 16.5. The van der Waals surface area contributed by atoms with Crippen molar-refractivity contribution in [2.45, 2.75) is 18.9 Å². The van der Waals surface area contributed by atoms with E-state index in [1.54, 1.807) is 7.11 Å². The molecule has 1 unspecified atom stereocenters. The van der Waals surface area contributed by atoms with E-state index in [0.29, 0.717) is 22.4 Å². The second-order valence-corrected chi connectivity index (χ2v) is 6.86. The molecular weight excluding hydrogens is 373 g/mol. The first kappa shape index (κ1) is 20.6. The first-order valence-corrected chi connectivity index (χ1v) is 9.10. The van der Waals surface area contributed by atoms with Gasteiger partial charge in [0.05, 0.1) is 24.3 Å². The number of ether oxygens (including phenoxy) is 2. The van der Waals surface area contributed by atoms with E-state index in [2.05, 4.69) is 40.0 Å². The van der Waals surface area contributed by atoms with Crippen LogP contribution in [-0.2, 0) is 16.1 Å². The number of rotatable bonds is 5. The average Bonchev–Trinajstić information content (AvgIpc) is 3.13. The topological polar surface area (TPSA) is 38.8 Å². The number of hydrogen-bond donors (Lipinski definition) is 0. The Morgan fingerprint density at radius 2 is 1.81 bits per heavy atom. The lowest BCUT2D eigenvalue weighted by Gasteiger charge is -2.18. The maximum Gasteiger partial charge on any atom is 0.292 e. The van der Waals surface area contributed by atoms with E-state index in [-0.39, 0.29) is 0 Å². The van der Waals surface area contributed by atoms with Crippen molar-refractivity contribution in [1.82, 2.24) is 4.90 Å². The van der Waals surface area contributed by atoms with E-state index < -0.39 is 0 Å². The fourth-order valence-electron chi connectivity index (χ4n) is 3.11. The summed E-state index contributed by atoms with van der Waals surface area (Å²) in [5.74, 6) is 1.27. The summed E-state index contributed by atoms with van der Waals surface area (Å²) in [6.45, 7) is 3.47. The van der Waals surface area contributed by atoms with Crippen LogP contribution in [0.5, 0.6) is 5.75 Å². The van der Waals surface area contributed by atoms with Gasteiger partial charge in [-0.3, -0.25) is 9.69 Å². The van der Waals surface area contributed by atoms with Crippen LogP contribution in [0.4, 0.5) is 0 Å². The monoisotopic (exact) mass is 395 g/mol. The molecule has 0 saturated carbocycles. The Balaban J connectivity index is 0.000000552. The minimum absolute atomic E-state index is 0.375. The van der Waals surface area contributed by atoms with E-state index in [4.69, 9.17) is 32.7 Å². The second-order valence-electron chi connectivity index (χ2n) is 6.05. The van der Waals surface area contributed by atoms with Crippen LogP contribution in [0.3, 0.4) is 0 Å². The Morgan fingerprint density at radius 3 is 2.42 bits per heavy atom. The van der Waals surface area contributed by atoms with Crippen LogP contribution in [0.15, 0.2) is 42.5 Å². The Hall–Kier alpha value is -1.75. The molecule has 1 atom stereocenters. The van der Waals surface area contributed by atoms with Crippen molar-refractivity contribution >= 4 is 29.7 Å². The molecule has 0 aliphatic carbocycles. The zero-order valence-electron chi connectivity index (χ0n) is 15.0. The summed E-state index contributed by atoms with van der Waals surface area (Å²) in [6, 6.07) is 14.4. The molecule has 0 N–H and O–H groups in total. The first-order chi connectivity index (χ1) is 12.6. The quantitative estimate of drug-likeness (QED) is 0.682. The van der Waals surface area contributed by atoms with Crippen LogP contribution < -0.4 is 4.74 Å². The van der Waals surface area contributed by atoms with Gasteiger partial charge in [0.2, 0.25) is 0 Å². The van der Waals surface area contributed by atoms with Crippen LogP contribution in [-0.4, -0.2) is 38.7 Å². The van der Waals surface area contributed by atoms with Gasteiger partial charge in [0.25, 0.3) is 6.47 Å². The summed E-state index contributed by atoms with van der Waals surface area (Å²) in [6.07, 6.45) is 1.11. The standard InChI is InChI=1S/C18H19Cl2NO.C2H4O2/c1-22-18-10-17(20)16(19)9-15(18)14-7-8-21(12-14)11-13-5-3-2-4-6-13;1-4-2-3/h2-6,9-10,14H,7-8,11-12H2,1H3;2H,1H3. The Bertz CT molecular complexity index is 710. The van der Waals surface area contributed by atoms with Crippen LogP contribution in [0.1, 0.15) is 23.5 Å². The first-order valence-electron chi connectivity index (χ1n) is 8.34. The molecular formula is C20H23Cl2NO3. The number of carbonyl (C=O) groups excluding carboxylic acids is 1. The van der Waals surface area contributed by atoms with Crippen molar-refractivity contribution < 1.29 is 14.3 Å². The molecule has 6 heteroatoms. The number of nitrogens with zero attached hydrogens (tertiary/aromatic N) is 1. The van der Waals surface area contributed by atoms with Gasteiger partial charge in [0.1, 0.15) is 5.75 Å². The van der Waals surface area contributed by atoms with Crippen LogP contribution >= 0.6 is 23.2 Å². The smallest absolute Gasteiger partial charge is 0.292 e. The summed E-state index contributed by atoms with van der Waals surface area (Å²) < 4.78 is 9.35. The van der Waals surface area contributed by atoms with Crippen LogP contribution in [0.25, 0.3) is 0 Å². The molecule has 1 aliphatic heterocycles. The molecule has 26 heavy (non-hydrogen) atoms. The third-order valence-corrected chi connectivity index (χ3v) is 5.05. The molecule has 1 heterocycles. The van der Waals surface area contributed by atoms with Crippen molar-refractivity contribution in [2.24, 2.45) is 0 Å². The van der Waals surface area contributed by atoms with Gasteiger partial charge in [-0.15, -0.1) is 0 Å². The van der Waals surface area contributed by atoms with E-state index in [1.165, 1.54) is 12.7 Å². The number of halogens is 2. The van der Waals surface area contributed by atoms with E-state index >= 15 is 0 Å². The molecule has 140 valence electrons. The molecule has 1 fully saturated rings. The van der Waals surface area contributed by atoms with Gasteiger partial charge < -0.3 is 9.47 Å². The van der Waals surface area contributed by atoms with Gasteiger partial charge in [0, 0.05) is 30.6 Å². The van der Waals surface area contributed by atoms with Gasteiger partial charge in [-0.25, -0.2) is 0 Å². The highest BCUT2D eigenvalue weighted by Gasteiger charge is 2.26. The summed E-state index contributed by atoms with van der Waals surface area (Å²) >= 11 is 12.3. The molecule has 2 aromatic carbocycles. The fourth-order valence-corrected chi connectivity index (χ4v) is 3.44. The molecule has 0 spiro atoms. The Kier molecular flexibility index (Phi) is 8.23. The molecule has 0 aromatic heterocycles. The van der Waals surface area contributed by atoms with E-state index in [1.807, 2.05) is 12.1 Å². The summed E-state index contributed by atoms with van der Waals surface area (Å²) in [5.41, 5.74) is 2.51. The van der Waals surface area contributed by atoms with Crippen molar-refractivity contribution in [3.05, 3.63) is 63.6 Å². The molecule has 0 amide bonds. The molecule has 0 bridgehead atoms. The van der Waals surface area contributed by atoms with Gasteiger partial charge in [-0.2, -0.15) is 0 Å². The molecule has 4 nitrogen and oxygen atoms in total. The van der Waals surface area contributed by atoms with Gasteiger partial charge in [0.15, 0.2) is 0 Å². The lowest BCUT2D eigenvalue weighted by atomic mass is 9.97. The average molecular weight is 396 g/mol. The van der Waals surface area contributed by atoms with Crippen LogP contribution in [0.2, 0.25) is 10.0 Å². The third-order valence-electron chi connectivity index (χ3n) is 4.33. The highest BCUT2D eigenvalue weighted by atomic mass is 35.5. The predicted octanol–water partition coefficient (Wildman–Crippen LogP) is 4.78. The second kappa shape index (κ2) is 10.4. The lowest BCUT2D eigenvalue weighted by molar-refractivity contribution is -0.126. The van der Waals surface area contributed by atoms with Crippen molar-refractivity contribution in [2.75, 3.05) is 27.3 Å². The maximum absolute atomic E-state index is 8.95. The number of methoxy groups -OCH3 is 2. The number of likely N-dealkylation sites (tertiary alicyclic amines) is 1. The minimum Gasteiger partial charge on any atom is -0.496 e. The van der Waals surface area contributed by atoms with Gasteiger partial charge in [-0.1, -0.05) is 53.5 Å². The van der Waals surface area contributed by atoms with E-state index in [9.17, 15) is 0 Å². The highest BCUT2D eigenvalue weighted by molar-refractivity contribution is 6.42. The summed E-state index contributed by atoms with van der Waals surface area (Å²) in [7, 11) is 2.99. The molecule has 1 saturated heterocycles.